The fourth-order valence-electron chi connectivity index (χ4n) is 2.32. The van der Waals surface area contributed by atoms with Crippen LogP contribution in [0.4, 0.5) is 0 Å². The van der Waals surface area contributed by atoms with Crippen LogP contribution in [0.25, 0.3) is 0 Å². The molecule has 98 valence electrons. The minimum Gasteiger partial charge on any atom is -0.356 e. The molecule has 2 rings (SSSR count). The number of carbonyl (C=O) groups excluding carboxylic acids is 1. The van der Waals surface area contributed by atoms with Crippen molar-refractivity contribution in [2.75, 3.05) is 6.54 Å². The van der Waals surface area contributed by atoms with Gasteiger partial charge in [-0.25, -0.2) is 0 Å². The Bertz CT molecular complexity index is 381. The van der Waals surface area contributed by atoms with E-state index in [0.717, 1.165) is 13.0 Å². The van der Waals surface area contributed by atoms with E-state index in [-0.39, 0.29) is 11.8 Å². The standard InChI is InChI=1S/C16H23NO/c1-12(2)10-11-17-16(18)15(14-8-9-14)13-6-4-3-5-7-13/h3-7,12,14-15H,8-11H2,1-2H3,(H,17,18). The predicted molar refractivity (Wildman–Crippen MR) is 74.4 cm³/mol. The van der Waals surface area contributed by atoms with Crippen molar-refractivity contribution in [1.82, 2.24) is 5.32 Å². The Hall–Kier alpha value is -1.31. The normalized spacial score (nSPS) is 16.6. The van der Waals surface area contributed by atoms with Crippen LogP contribution >= 0.6 is 0 Å². The first-order chi connectivity index (χ1) is 8.68. The molecule has 1 saturated carbocycles. The summed E-state index contributed by atoms with van der Waals surface area (Å²) < 4.78 is 0. The van der Waals surface area contributed by atoms with Gasteiger partial charge in [-0.2, -0.15) is 0 Å². The molecule has 1 N–H and O–H groups in total. The highest BCUT2D eigenvalue weighted by Gasteiger charge is 2.36. The van der Waals surface area contributed by atoms with Crippen molar-refractivity contribution in [2.24, 2.45) is 11.8 Å². The lowest BCUT2D eigenvalue weighted by Gasteiger charge is -2.17. The van der Waals surface area contributed by atoms with Crippen LogP contribution in [0, 0.1) is 11.8 Å². The van der Waals surface area contributed by atoms with Crippen LogP contribution in [-0.4, -0.2) is 12.5 Å². The van der Waals surface area contributed by atoms with Gasteiger partial charge >= 0.3 is 0 Å². The van der Waals surface area contributed by atoms with E-state index >= 15 is 0 Å². The van der Waals surface area contributed by atoms with Gasteiger partial charge in [0.1, 0.15) is 0 Å². The summed E-state index contributed by atoms with van der Waals surface area (Å²) in [6, 6.07) is 10.2. The Morgan fingerprint density at radius 2 is 1.94 bits per heavy atom. The van der Waals surface area contributed by atoms with E-state index in [0.29, 0.717) is 11.8 Å². The number of amides is 1. The summed E-state index contributed by atoms with van der Waals surface area (Å²) in [7, 11) is 0. The fourth-order valence-corrected chi connectivity index (χ4v) is 2.32. The molecule has 0 bridgehead atoms. The zero-order chi connectivity index (χ0) is 13.0. The second-order valence-corrected chi connectivity index (χ2v) is 5.70. The predicted octanol–water partition coefficient (Wildman–Crippen LogP) is 3.34. The Balaban J connectivity index is 1.96. The summed E-state index contributed by atoms with van der Waals surface area (Å²) in [6.45, 7) is 5.16. The minimum absolute atomic E-state index is 0.0679. The van der Waals surface area contributed by atoms with Gasteiger partial charge in [0, 0.05) is 6.54 Å². The van der Waals surface area contributed by atoms with Gasteiger partial charge in [-0.05, 0) is 36.7 Å². The quantitative estimate of drug-likeness (QED) is 0.818. The third kappa shape index (κ3) is 3.59. The molecule has 0 saturated heterocycles. The summed E-state index contributed by atoms with van der Waals surface area (Å²) in [4.78, 5) is 12.3. The largest absolute Gasteiger partial charge is 0.356 e. The smallest absolute Gasteiger partial charge is 0.227 e. The van der Waals surface area contributed by atoms with Crippen LogP contribution in [0.3, 0.4) is 0 Å². The molecule has 1 aromatic rings. The summed E-state index contributed by atoms with van der Waals surface area (Å²) in [6.07, 6.45) is 3.44. The molecule has 0 radical (unpaired) electrons. The first-order valence-electron chi connectivity index (χ1n) is 7.01. The lowest BCUT2D eigenvalue weighted by atomic mass is 9.93. The molecular formula is C16H23NO. The molecular weight excluding hydrogens is 222 g/mol. The van der Waals surface area contributed by atoms with Gasteiger partial charge < -0.3 is 5.32 Å². The average Bonchev–Trinajstić information content (AvgIpc) is 3.15. The van der Waals surface area contributed by atoms with Gasteiger partial charge in [-0.3, -0.25) is 4.79 Å². The number of rotatable bonds is 6. The first kappa shape index (κ1) is 13.1. The highest BCUT2D eigenvalue weighted by atomic mass is 16.1. The van der Waals surface area contributed by atoms with E-state index in [1.807, 2.05) is 18.2 Å². The molecule has 0 aliphatic heterocycles. The van der Waals surface area contributed by atoms with Crippen LogP contribution < -0.4 is 5.32 Å². The molecule has 0 aromatic heterocycles. The lowest BCUT2D eigenvalue weighted by molar-refractivity contribution is -0.123. The summed E-state index contributed by atoms with van der Waals surface area (Å²) in [5.74, 6) is 1.48. The van der Waals surface area contributed by atoms with Gasteiger partial charge in [0.15, 0.2) is 0 Å². The SMILES string of the molecule is CC(C)CCNC(=O)C(c1ccccc1)C1CC1. The second-order valence-electron chi connectivity index (χ2n) is 5.70. The van der Waals surface area contributed by atoms with Crippen LogP contribution in [0.1, 0.15) is 44.6 Å². The van der Waals surface area contributed by atoms with Gasteiger partial charge in [-0.1, -0.05) is 44.2 Å². The second kappa shape index (κ2) is 6.03. The van der Waals surface area contributed by atoms with Crippen molar-refractivity contribution in [2.45, 2.75) is 39.0 Å². The zero-order valence-corrected chi connectivity index (χ0v) is 11.4. The number of hydrogen-bond donors (Lipinski definition) is 1. The zero-order valence-electron chi connectivity index (χ0n) is 11.4. The maximum Gasteiger partial charge on any atom is 0.227 e. The Morgan fingerprint density at radius 1 is 1.28 bits per heavy atom. The number of hydrogen-bond acceptors (Lipinski definition) is 1. The maximum atomic E-state index is 12.3. The minimum atomic E-state index is 0.0679. The lowest BCUT2D eigenvalue weighted by Crippen LogP contribution is -2.31. The maximum absolute atomic E-state index is 12.3. The van der Waals surface area contributed by atoms with Gasteiger partial charge in [0.2, 0.25) is 5.91 Å². The van der Waals surface area contributed by atoms with Gasteiger partial charge in [0.05, 0.1) is 5.92 Å². The molecule has 1 amide bonds. The number of nitrogens with one attached hydrogen (secondary N) is 1. The molecule has 0 spiro atoms. The van der Waals surface area contributed by atoms with E-state index < -0.39 is 0 Å². The van der Waals surface area contributed by atoms with Crippen molar-refractivity contribution in [3.05, 3.63) is 35.9 Å². The fraction of sp³-hybridized carbons (Fsp3) is 0.562. The average molecular weight is 245 g/mol. The third-order valence-electron chi connectivity index (χ3n) is 3.56. The van der Waals surface area contributed by atoms with E-state index in [4.69, 9.17) is 0 Å². The van der Waals surface area contributed by atoms with Crippen molar-refractivity contribution in [1.29, 1.82) is 0 Å². The van der Waals surface area contributed by atoms with E-state index in [1.54, 1.807) is 0 Å². The van der Waals surface area contributed by atoms with E-state index in [9.17, 15) is 4.79 Å². The molecule has 18 heavy (non-hydrogen) atoms. The summed E-state index contributed by atoms with van der Waals surface area (Å²) >= 11 is 0. The molecule has 2 nitrogen and oxygen atoms in total. The molecule has 1 fully saturated rings. The van der Waals surface area contributed by atoms with Crippen molar-refractivity contribution < 1.29 is 4.79 Å². The molecule has 1 unspecified atom stereocenters. The van der Waals surface area contributed by atoms with Gasteiger partial charge in [-0.15, -0.1) is 0 Å². The van der Waals surface area contributed by atoms with Crippen LogP contribution in [0.15, 0.2) is 30.3 Å². The van der Waals surface area contributed by atoms with Crippen molar-refractivity contribution in [3.8, 4) is 0 Å². The third-order valence-corrected chi connectivity index (χ3v) is 3.56. The number of benzene rings is 1. The monoisotopic (exact) mass is 245 g/mol. The van der Waals surface area contributed by atoms with E-state index in [1.165, 1.54) is 18.4 Å². The topological polar surface area (TPSA) is 29.1 Å². The highest BCUT2D eigenvalue weighted by Crippen LogP contribution is 2.42. The molecule has 2 heteroatoms. The summed E-state index contributed by atoms with van der Waals surface area (Å²) in [5.41, 5.74) is 1.17. The van der Waals surface area contributed by atoms with Crippen molar-refractivity contribution in [3.63, 3.8) is 0 Å². The first-order valence-corrected chi connectivity index (χ1v) is 7.01. The Morgan fingerprint density at radius 3 is 2.50 bits per heavy atom. The Labute approximate surface area is 110 Å². The van der Waals surface area contributed by atoms with Crippen molar-refractivity contribution >= 4 is 5.91 Å². The van der Waals surface area contributed by atoms with E-state index in [2.05, 4.69) is 31.3 Å². The molecule has 0 heterocycles. The molecule has 1 aliphatic carbocycles. The highest BCUT2D eigenvalue weighted by molar-refractivity contribution is 5.84. The van der Waals surface area contributed by atoms with Crippen LogP contribution in [-0.2, 0) is 4.79 Å². The van der Waals surface area contributed by atoms with Crippen LogP contribution in [0.2, 0.25) is 0 Å². The molecule has 1 aliphatic rings. The Kier molecular flexibility index (Phi) is 4.40. The van der Waals surface area contributed by atoms with Crippen LogP contribution in [0.5, 0.6) is 0 Å². The summed E-state index contributed by atoms with van der Waals surface area (Å²) in [5, 5.41) is 3.09. The molecule has 1 aromatic carbocycles. The molecule has 1 atom stereocenters. The number of carbonyl (C=O) groups is 1. The van der Waals surface area contributed by atoms with Gasteiger partial charge in [0.25, 0.3) is 0 Å².